The van der Waals surface area contributed by atoms with Crippen LogP contribution in [0.3, 0.4) is 0 Å². The zero-order valence-corrected chi connectivity index (χ0v) is 12.8. The van der Waals surface area contributed by atoms with Crippen LogP contribution in [0.5, 0.6) is 0 Å². The van der Waals surface area contributed by atoms with Crippen molar-refractivity contribution in [1.29, 1.82) is 0 Å². The van der Waals surface area contributed by atoms with Crippen LogP contribution >= 0.6 is 0 Å². The second-order valence-corrected chi connectivity index (χ2v) is 6.47. The van der Waals surface area contributed by atoms with Gasteiger partial charge in [-0.25, -0.2) is 0 Å². The van der Waals surface area contributed by atoms with Crippen LogP contribution < -0.4 is 0 Å². The molecule has 0 aromatic heterocycles. The molecule has 4 nitrogen and oxygen atoms in total. The third-order valence-corrected chi connectivity index (χ3v) is 3.82. The number of ether oxygens (including phenoxy) is 1. The minimum Gasteiger partial charge on any atom is -0.481 e. The summed E-state index contributed by atoms with van der Waals surface area (Å²) in [4.78, 5) is 13.2. The van der Waals surface area contributed by atoms with Gasteiger partial charge in [0.2, 0.25) is 0 Å². The summed E-state index contributed by atoms with van der Waals surface area (Å²) in [5.41, 5.74) is 0.00816. The van der Waals surface area contributed by atoms with E-state index < -0.39 is 5.97 Å². The fraction of sp³-hybridized carbons (Fsp3) is 0.933. The van der Waals surface area contributed by atoms with Crippen molar-refractivity contribution in [2.45, 2.75) is 77.5 Å². The first-order chi connectivity index (χ1) is 8.84. The van der Waals surface area contributed by atoms with Crippen LogP contribution in [-0.2, 0) is 9.53 Å². The van der Waals surface area contributed by atoms with E-state index in [4.69, 9.17) is 9.84 Å². The lowest BCUT2D eigenvalue weighted by Gasteiger charge is -2.44. The predicted octanol–water partition coefficient (Wildman–Crippen LogP) is 2.91. The Morgan fingerprint density at radius 3 is 2.63 bits per heavy atom. The first kappa shape index (κ1) is 16.4. The summed E-state index contributed by atoms with van der Waals surface area (Å²) in [6.45, 7) is 10.1. The van der Waals surface area contributed by atoms with Crippen LogP contribution in [0.2, 0.25) is 0 Å². The van der Waals surface area contributed by atoms with E-state index in [2.05, 4.69) is 32.6 Å². The van der Waals surface area contributed by atoms with Crippen molar-refractivity contribution in [1.82, 2.24) is 4.90 Å². The van der Waals surface area contributed by atoms with Gasteiger partial charge >= 0.3 is 5.97 Å². The van der Waals surface area contributed by atoms with Crippen LogP contribution in [0.1, 0.15) is 59.8 Å². The molecule has 1 aliphatic heterocycles. The molecule has 1 saturated heterocycles. The first-order valence-electron chi connectivity index (χ1n) is 7.44. The maximum Gasteiger partial charge on any atom is 0.304 e. The third-order valence-electron chi connectivity index (χ3n) is 3.82. The molecule has 0 radical (unpaired) electrons. The normalized spacial score (nSPS) is 24.7. The smallest absolute Gasteiger partial charge is 0.304 e. The molecule has 2 atom stereocenters. The lowest BCUT2D eigenvalue weighted by Crippen LogP contribution is -2.52. The van der Waals surface area contributed by atoms with Gasteiger partial charge in [-0.3, -0.25) is 9.69 Å². The topological polar surface area (TPSA) is 49.8 Å². The number of hydrogen-bond donors (Lipinski definition) is 1. The van der Waals surface area contributed by atoms with Crippen LogP contribution in [0, 0.1) is 0 Å². The number of carboxylic acid groups (broad SMARTS) is 1. The molecule has 0 amide bonds. The van der Waals surface area contributed by atoms with Gasteiger partial charge in [-0.05, 0) is 40.0 Å². The van der Waals surface area contributed by atoms with Crippen LogP contribution in [0.15, 0.2) is 0 Å². The summed E-state index contributed by atoms with van der Waals surface area (Å²) in [5.74, 6) is -0.716. The monoisotopic (exact) mass is 271 g/mol. The molecule has 0 spiro atoms. The minimum atomic E-state index is -0.716. The molecule has 0 aromatic rings. The van der Waals surface area contributed by atoms with Crippen LogP contribution in [0.4, 0.5) is 0 Å². The highest BCUT2D eigenvalue weighted by Crippen LogP contribution is 2.27. The van der Waals surface area contributed by atoms with Gasteiger partial charge in [0.25, 0.3) is 0 Å². The van der Waals surface area contributed by atoms with Gasteiger partial charge in [-0.2, -0.15) is 0 Å². The molecule has 4 heteroatoms. The van der Waals surface area contributed by atoms with Crippen molar-refractivity contribution in [3.8, 4) is 0 Å². The Hall–Kier alpha value is -0.610. The fourth-order valence-corrected chi connectivity index (χ4v) is 2.95. The van der Waals surface area contributed by atoms with E-state index in [0.717, 1.165) is 32.3 Å². The van der Waals surface area contributed by atoms with Crippen molar-refractivity contribution in [3.63, 3.8) is 0 Å². The molecule has 1 fully saturated rings. The van der Waals surface area contributed by atoms with Crippen molar-refractivity contribution >= 4 is 5.97 Å². The van der Waals surface area contributed by atoms with Gasteiger partial charge in [0.05, 0.1) is 12.5 Å². The van der Waals surface area contributed by atoms with Gasteiger partial charge < -0.3 is 9.84 Å². The summed E-state index contributed by atoms with van der Waals surface area (Å²) < 4.78 is 5.79. The SMILES string of the molecule is CCCC1CC(N(CCC(=O)O)C(C)(C)C)CCO1. The van der Waals surface area contributed by atoms with Gasteiger partial charge in [0.15, 0.2) is 0 Å². The number of carboxylic acids is 1. The van der Waals surface area contributed by atoms with E-state index in [0.29, 0.717) is 18.7 Å². The number of hydrogen-bond acceptors (Lipinski definition) is 3. The van der Waals surface area contributed by atoms with E-state index in [1.54, 1.807) is 0 Å². The minimum absolute atomic E-state index is 0.00816. The highest BCUT2D eigenvalue weighted by Gasteiger charge is 2.33. The van der Waals surface area contributed by atoms with Crippen molar-refractivity contribution in [2.75, 3.05) is 13.2 Å². The lowest BCUT2D eigenvalue weighted by atomic mass is 9.93. The van der Waals surface area contributed by atoms with E-state index >= 15 is 0 Å². The standard InChI is InChI=1S/C15H29NO3/c1-5-6-13-11-12(8-10-19-13)16(15(2,3)4)9-7-14(17)18/h12-13H,5-11H2,1-4H3,(H,17,18). The molecule has 1 heterocycles. The Morgan fingerprint density at radius 1 is 1.42 bits per heavy atom. The molecule has 0 aliphatic carbocycles. The Kier molecular flexibility index (Phi) is 6.27. The van der Waals surface area contributed by atoms with Gasteiger partial charge in [0.1, 0.15) is 0 Å². The second-order valence-electron chi connectivity index (χ2n) is 6.47. The summed E-state index contributed by atoms with van der Waals surface area (Å²) in [6.07, 6.45) is 4.85. The number of carbonyl (C=O) groups is 1. The molecular formula is C15H29NO3. The van der Waals surface area contributed by atoms with E-state index in [1.165, 1.54) is 0 Å². The number of aliphatic carboxylic acids is 1. The highest BCUT2D eigenvalue weighted by molar-refractivity contribution is 5.66. The molecule has 0 saturated carbocycles. The Morgan fingerprint density at radius 2 is 2.11 bits per heavy atom. The maximum absolute atomic E-state index is 10.8. The Labute approximate surface area is 117 Å². The van der Waals surface area contributed by atoms with Crippen molar-refractivity contribution < 1.29 is 14.6 Å². The molecule has 112 valence electrons. The maximum atomic E-state index is 10.8. The lowest BCUT2D eigenvalue weighted by molar-refractivity contribution is -0.138. The van der Waals surface area contributed by atoms with Crippen LogP contribution in [-0.4, -0.2) is 46.8 Å². The average molecular weight is 271 g/mol. The average Bonchev–Trinajstić information content (AvgIpc) is 2.28. The highest BCUT2D eigenvalue weighted by atomic mass is 16.5. The third kappa shape index (κ3) is 5.49. The van der Waals surface area contributed by atoms with Crippen LogP contribution in [0.25, 0.3) is 0 Å². The van der Waals surface area contributed by atoms with Crippen molar-refractivity contribution in [2.24, 2.45) is 0 Å². The summed E-state index contributed by atoms with van der Waals surface area (Å²) in [7, 11) is 0. The summed E-state index contributed by atoms with van der Waals surface area (Å²) in [6, 6.07) is 0.449. The molecule has 1 N–H and O–H groups in total. The molecular weight excluding hydrogens is 242 g/mol. The summed E-state index contributed by atoms with van der Waals surface area (Å²) >= 11 is 0. The molecule has 1 rings (SSSR count). The van der Waals surface area contributed by atoms with Crippen molar-refractivity contribution in [3.05, 3.63) is 0 Å². The number of rotatable bonds is 6. The molecule has 2 unspecified atom stereocenters. The van der Waals surface area contributed by atoms with E-state index in [1.807, 2.05) is 0 Å². The zero-order chi connectivity index (χ0) is 14.5. The fourth-order valence-electron chi connectivity index (χ4n) is 2.95. The largest absolute Gasteiger partial charge is 0.481 e. The summed E-state index contributed by atoms with van der Waals surface area (Å²) in [5, 5.41) is 8.91. The second kappa shape index (κ2) is 7.25. The predicted molar refractivity (Wildman–Crippen MR) is 76.4 cm³/mol. The molecule has 1 aliphatic rings. The molecule has 19 heavy (non-hydrogen) atoms. The Balaban J connectivity index is 2.65. The first-order valence-corrected chi connectivity index (χ1v) is 7.44. The Bertz CT molecular complexity index is 284. The van der Waals surface area contributed by atoms with Gasteiger partial charge in [-0.15, -0.1) is 0 Å². The molecule has 0 aromatic carbocycles. The molecule has 0 bridgehead atoms. The number of nitrogens with zero attached hydrogens (tertiary/aromatic N) is 1. The van der Waals surface area contributed by atoms with E-state index in [-0.39, 0.29) is 12.0 Å². The van der Waals surface area contributed by atoms with Gasteiger partial charge in [0, 0.05) is 24.7 Å². The zero-order valence-electron chi connectivity index (χ0n) is 12.8. The van der Waals surface area contributed by atoms with Gasteiger partial charge in [-0.1, -0.05) is 13.3 Å². The quantitative estimate of drug-likeness (QED) is 0.807. The van der Waals surface area contributed by atoms with E-state index in [9.17, 15) is 4.79 Å².